The lowest BCUT2D eigenvalue weighted by Crippen LogP contribution is -2.54. The zero-order valence-electron chi connectivity index (χ0n) is 12.0. The van der Waals surface area contributed by atoms with Crippen molar-refractivity contribution >= 4 is 0 Å². The van der Waals surface area contributed by atoms with E-state index >= 15 is 0 Å². The lowest BCUT2D eigenvalue weighted by molar-refractivity contribution is 0.0712. The predicted molar refractivity (Wildman–Crippen MR) is 75.3 cm³/mol. The number of nitrogens with two attached hydrogens (primary N) is 1. The van der Waals surface area contributed by atoms with Crippen molar-refractivity contribution in [1.82, 2.24) is 9.80 Å². The van der Waals surface area contributed by atoms with Crippen LogP contribution in [0, 0.1) is 0 Å². The number of piperazine rings is 1. The Morgan fingerprint density at radius 3 is 2.12 bits per heavy atom. The molecule has 0 spiro atoms. The quantitative estimate of drug-likeness (QED) is 0.739. The molecule has 0 aromatic heterocycles. The Morgan fingerprint density at radius 2 is 1.65 bits per heavy atom. The largest absolute Gasteiger partial charge is 0.329 e. The zero-order valence-corrected chi connectivity index (χ0v) is 12.0. The number of hydrogen-bond donors (Lipinski definition) is 1. The van der Waals surface area contributed by atoms with E-state index in [1.54, 1.807) is 0 Å². The molecule has 1 aliphatic rings. The van der Waals surface area contributed by atoms with Crippen molar-refractivity contribution in [3.63, 3.8) is 0 Å². The SMILES string of the molecule is CCCCC(CN)N1CCN(C(C)CC)CC1. The minimum atomic E-state index is 0.619. The molecule has 0 aromatic carbocycles. The van der Waals surface area contributed by atoms with Crippen LogP contribution in [0.1, 0.15) is 46.5 Å². The van der Waals surface area contributed by atoms with E-state index in [0.717, 1.165) is 12.6 Å². The van der Waals surface area contributed by atoms with E-state index in [0.29, 0.717) is 6.04 Å². The topological polar surface area (TPSA) is 32.5 Å². The van der Waals surface area contributed by atoms with Crippen molar-refractivity contribution < 1.29 is 0 Å². The maximum atomic E-state index is 5.91. The summed E-state index contributed by atoms with van der Waals surface area (Å²) in [5, 5.41) is 0. The van der Waals surface area contributed by atoms with Gasteiger partial charge in [-0.2, -0.15) is 0 Å². The molecule has 17 heavy (non-hydrogen) atoms. The van der Waals surface area contributed by atoms with E-state index in [1.165, 1.54) is 51.9 Å². The highest BCUT2D eigenvalue weighted by Crippen LogP contribution is 2.14. The molecule has 1 heterocycles. The Morgan fingerprint density at radius 1 is 1.06 bits per heavy atom. The molecule has 1 rings (SSSR count). The van der Waals surface area contributed by atoms with Gasteiger partial charge in [0, 0.05) is 44.8 Å². The van der Waals surface area contributed by atoms with Crippen LogP contribution in [-0.4, -0.2) is 54.6 Å². The normalized spacial score (nSPS) is 22.6. The minimum Gasteiger partial charge on any atom is -0.329 e. The summed E-state index contributed by atoms with van der Waals surface area (Å²) in [5.41, 5.74) is 5.91. The molecule has 3 heteroatoms. The molecule has 0 amide bonds. The Hall–Kier alpha value is -0.120. The van der Waals surface area contributed by atoms with Crippen LogP contribution in [-0.2, 0) is 0 Å². The monoisotopic (exact) mass is 241 g/mol. The predicted octanol–water partition coefficient (Wildman–Crippen LogP) is 1.92. The Kier molecular flexibility index (Phi) is 7.09. The van der Waals surface area contributed by atoms with Crippen LogP contribution >= 0.6 is 0 Å². The van der Waals surface area contributed by atoms with Gasteiger partial charge in [-0.15, -0.1) is 0 Å². The molecule has 0 saturated carbocycles. The third-order valence-electron chi connectivity index (χ3n) is 4.24. The minimum absolute atomic E-state index is 0.619. The number of hydrogen-bond acceptors (Lipinski definition) is 3. The smallest absolute Gasteiger partial charge is 0.0219 e. The average Bonchev–Trinajstić information content (AvgIpc) is 2.39. The molecule has 1 aliphatic heterocycles. The standard InChI is InChI=1S/C14H31N3/c1-4-6-7-14(12-15)17-10-8-16(9-11-17)13(3)5-2/h13-14H,4-12,15H2,1-3H3. The summed E-state index contributed by atoms with van der Waals surface area (Å²) in [4.78, 5) is 5.22. The summed E-state index contributed by atoms with van der Waals surface area (Å²) in [5.74, 6) is 0. The van der Waals surface area contributed by atoms with Crippen LogP contribution < -0.4 is 5.73 Å². The lowest BCUT2D eigenvalue weighted by Gasteiger charge is -2.41. The first-order valence-corrected chi connectivity index (χ1v) is 7.41. The van der Waals surface area contributed by atoms with Crippen LogP contribution in [0.25, 0.3) is 0 Å². The van der Waals surface area contributed by atoms with Gasteiger partial charge >= 0.3 is 0 Å². The van der Waals surface area contributed by atoms with Crippen molar-refractivity contribution in [2.24, 2.45) is 5.73 Å². The fourth-order valence-corrected chi connectivity index (χ4v) is 2.69. The van der Waals surface area contributed by atoms with Gasteiger partial charge in [-0.05, 0) is 19.8 Å². The van der Waals surface area contributed by atoms with Crippen LogP contribution in [0.2, 0.25) is 0 Å². The third-order valence-corrected chi connectivity index (χ3v) is 4.24. The highest BCUT2D eigenvalue weighted by molar-refractivity contribution is 4.81. The van der Waals surface area contributed by atoms with Gasteiger partial charge in [0.25, 0.3) is 0 Å². The van der Waals surface area contributed by atoms with Crippen molar-refractivity contribution in [2.75, 3.05) is 32.7 Å². The van der Waals surface area contributed by atoms with E-state index in [-0.39, 0.29) is 0 Å². The van der Waals surface area contributed by atoms with Gasteiger partial charge in [-0.1, -0.05) is 26.7 Å². The third kappa shape index (κ3) is 4.57. The summed E-state index contributed by atoms with van der Waals surface area (Å²) in [6.45, 7) is 12.5. The second-order valence-electron chi connectivity index (χ2n) is 5.36. The second-order valence-corrected chi connectivity index (χ2v) is 5.36. The molecule has 0 aliphatic carbocycles. The molecule has 1 fully saturated rings. The number of nitrogens with zero attached hydrogens (tertiary/aromatic N) is 2. The zero-order chi connectivity index (χ0) is 12.7. The first-order chi connectivity index (χ1) is 8.22. The van der Waals surface area contributed by atoms with Gasteiger partial charge in [-0.25, -0.2) is 0 Å². The van der Waals surface area contributed by atoms with Gasteiger partial charge in [0.15, 0.2) is 0 Å². The fourth-order valence-electron chi connectivity index (χ4n) is 2.69. The maximum absolute atomic E-state index is 5.91. The summed E-state index contributed by atoms with van der Waals surface area (Å²) >= 11 is 0. The van der Waals surface area contributed by atoms with Gasteiger partial charge in [0.2, 0.25) is 0 Å². The van der Waals surface area contributed by atoms with Crippen LogP contribution in [0.15, 0.2) is 0 Å². The Bertz CT molecular complexity index is 188. The maximum Gasteiger partial charge on any atom is 0.0219 e. The lowest BCUT2D eigenvalue weighted by atomic mass is 10.1. The van der Waals surface area contributed by atoms with Gasteiger partial charge < -0.3 is 5.73 Å². The van der Waals surface area contributed by atoms with E-state index in [1.807, 2.05) is 0 Å². The first kappa shape index (κ1) is 14.9. The number of rotatable bonds is 7. The molecule has 1 saturated heterocycles. The molecule has 3 nitrogen and oxygen atoms in total. The Balaban J connectivity index is 2.33. The Labute approximate surface area is 107 Å². The van der Waals surface area contributed by atoms with E-state index in [2.05, 4.69) is 30.6 Å². The molecular weight excluding hydrogens is 210 g/mol. The molecule has 2 unspecified atom stereocenters. The van der Waals surface area contributed by atoms with Crippen LogP contribution in [0.3, 0.4) is 0 Å². The van der Waals surface area contributed by atoms with Gasteiger partial charge in [0.05, 0.1) is 0 Å². The van der Waals surface area contributed by atoms with E-state index in [4.69, 9.17) is 5.73 Å². The van der Waals surface area contributed by atoms with Crippen molar-refractivity contribution in [1.29, 1.82) is 0 Å². The second kappa shape index (κ2) is 8.06. The van der Waals surface area contributed by atoms with Gasteiger partial charge in [0.1, 0.15) is 0 Å². The van der Waals surface area contributed by atoms with Crippen LogP contribution in [0.4, 0.5) is 0 Å². The van der Waals surface area contributed by atoms with Crippen LogP contribution in [0.5, 0.6) is 0 Å². The van der Waals surface area contributed by atoms with E-state index in [9.17, 15) is 0 Å². The summed E-state index contributed by atoms with van der Waals surface area (Å²) < 4.78 is 0. The summed E-state index contributed by atoms with van der Waals surface area (Å²) in [6, 6.07) is 1.36. The highest BCUT2D eigenvalue weighted by atomic mass is 15.3. The molecule has 2 atom stereocenters. The molecule has 0 aromatic rings. The molecule has 102 valence electrons. The van der Waals surface area contributed by atoms with Crippen molar-refractivity contribution in [3.8, 4) is 0 Å². The first-order valence-electron chi connectivity index (χ1n) is 7.41. The van der Waals surface area contributed by atoms with Gasteiger partial charge in [-0.3, -0.25) is 9.80 Å². The van der Waals surface area contributed by atoms with Crippen molar-refractivity contribution in [2.45, 2.75) is 58.5 Å². The molecular formula is C14H31N3. The van der Waals surface area contributed by atoms with Crippen molar-refractivity contribution in [3.05, 3.63) is 0 Å². The average molecular weight is 241 g/mol. The van der Waals surface area contributed by atoms with E-state index < -0.39 is 0 Å². The number of unbranched alkanes of at least 4 members (excludes halogenated alkanes) is 1. The summed E-state index contributed by atoms with van der Waals surface area (Å²) in [6.07, 6.45) is 5.13. The summed E-state index contributed by atoms with van der Waals surface area (Å²) in [7, 11) is 0. The molecule has 2 N–H and O–H groups in total. The highest BCUT2D eigenvalue weighted by Gasteiger charge is 2.24. The fraction of sp³-hybridized carbons (Fsp3) is 1.00. The molecule has 0 radical (unpaired) electrons. The molecule has 0 bridgehead atoms.